The van der Waals surface area contributed by atoms with E-state index < -0.39 is 6.04 Å². The Kier molecular flexibility index (Phi) is 5.43. The summed E-state index contributed by atoms with van der Waals surface area (Å²) in [6.45, 7) is 3.46. The molecule has 0 bridgehead atoms. The molecule has 1 amide bonds. The van der Waals surface area contributed by atoms with Gasteiger partial charge in [-0.3, -0.25) is 14.6 Å². The van der Waals surface area contributed by atoms with Crippen molar-refractivity contribution in [2.24, 2.45) is 5.10 Å². The standard InChI is InChI=1S/C23H23N5O2/c1-16(18-8-10-19(11-9-18)27-13-12-24-15-27)25-23(30)21-14-22(17(2)29)28(26-21)20-6-4-3-5-7-20/h3-13,15-16,22H,14H2,1-2H3,(H,25,30). The fraction of sp³-hybridized carbons (Fsp3) is 0.217. The first-order valence-electron chi connectivity index (χ1n) is 9.84. The maximum Gasteiger partial charge on any atom is 0.268 e. The Hall–Kier alpha value is -3.74. The molecule has 0 saturated carbocycles. The highest BCUT2D eigenvalue weighted by molar-refractivity contribution is 6.40. The highest BCUT2D eigenvalue weighted by Crippen LogP contribution is 2.25. The predicted octanol–water partition coefficient (Wildman–Crippen LogP) is 3.27. The number of para-hydroxylation sites is 1. The van der Waals surface area contributed by atoms with Gasteiger partial charge in [0, 0.05) is 24.5 Å². The third-order valence-electron chi connectivity index (χ3n) is 5.21. The lowest BCUT2D eigenvalue weighted by Crippen LogP contribution is -2.35. The molecule has 0 radical (unpaired) electrons. The maximum atomic E-state index is 12.8. The molecule has 1 aliphatic rings. The van der Waals surface area contributed by atoms with Gasteiger partial charge >= 0.3 is 0 Å². The van der Waals surface area contributed by atoms with E-state index in [9.17, 15) is 9.59 Å². The van der Waals surface area contributed by atoms with Crippen molar-refractivity contribution < 1.29 is 9.59 Å². The van der Waals surface area contributed by atoms with Crippen molar-refractivity contribution in [2.75, 3.05) is 5.01 Å². The molecule has 2 unspecified atom stereocenters. The first kappa shape index (κ1) is 19.6. The van der Waals surface area contributed by atoms with Gasteiger partial charge in [-0.25, -0.2) is 4.98 Å². The molecule has 0 saturated heterocycles. The molecule has 1 aliphatic heterocycles. The summed E-state index contributed by atoms with van der Waals surface area (Å²) in [5.74, 6) is -0.278. The number of imidazole rings is 1. The Bertz CT molecular complexity index is 1060. The second kappa shape index (κ2) is 8.32. The number of hydrogen-bond acceptors (Lipinski definition) is 5. The van der Waals surface area contributed by atoms with Crippen LogP contribution in [0.2, 0.25) is 0 Å². The molecule has 2 atom stereocenters. The summed E-state index contributed by atoms with van der Waals surface area (Å²) in [7, 11) is 0. The SMILES string of the molecule is CC(=O)C1CC(C(=O)NC(C)c2ccc(-n3ccnc3)cc2)=NN1c1ccccc1. The molecule has 7 nitrogen and oxygen atoms in total. The number of benzene rings is 2. The zero-order valence-corrected chi connectivity index (χ0v) is 16.9. The monoisotopic (exact) mass is 401 g/mol. The van der Waals surface area contributed by atoms with Crippen LogP contribution in [0.5, 0.6) is 0 Å². The van der Waals surface area contributed by atoms with Crippen LogP contribution in [0.4, 0.5) is 5.69 Å². The number of hydrazone groups is 1. The number of anilines is 1. The fourth-order valence-electron chi connectivity index (χ4n) is 3.49. The van der Waals surface area contributed by atoms with Crippen LogP contribution in [-0.4, -0.2) is 33.0 Å². The topological polar surface area (TPSA) is 79.6 Å². The summed E-state index contributed by atoms with van der Waals surface area (Å²) in [5.41, 5.74) is 3.14. The number of carbonyl (C=O) groups excluding carboxylic acids is 2. The van der Waals surface area contributed by atoms with Crippen LogP contribution >= 0.6 is 0 Å². The predicted molar refractivity (Wildman–Crippen MR) is 116 cm³/mol. The molecule has 2 aromatic carbocycles. The molecule has 1 aromatic heterocycles. The number of Topliss-reactive ketones (excluding diaryl/α,β-unsaturated/α-hetero) is 1. The van der Waals surface area contributed by atoms with Gasteiger partial charge in [-0.2, -0.15) is 5.10 Å². The van der Waals surface area contributed by atoms with E-state index in [4.69, 9.17) is 0 Å². The van der Waals surface area contributed by atoms with Crippen LogP contribution in [0.3, 0.4) is 0 Å². The fourth-order valence-corrected chi connectivity index (χ4v) is 3.49. The number of carbonyl (C=O) groups is 2. The maximum absolute atomic E-state index is 12.8. The van der Waals surface area contributed by atoms with Crippen molar-refractivity contribution >= 4 is 23.1 Å². The summed E-state index contributed by atoms with van der Waals surface area (Å²) in [6, 6.07) is 16.7. The van der Waals surface area contributed by atoms with Crippen LogP contribution in [0.1, 0.15) is 31.9 Å². The first-order chi connectivity index (χ1) is 14.5. The third-order valence-corrected chi connectivity index (χ3v) is 5.21. The second-order valence-corrected chi connectivity index (χ2v) is 7.31. The van der Waals surface area contributed by atoms with Crippen molar-refractivity contribution in [3.8, 4) is 5.69 Å². The first-order valence-corrected chi connectivity index (χ1v) is 9.84. The zero-order chi connectivity index (χ0) is 21.1. The van der Waals surface area contributed by atoms with Gasteiger partial charge in [0.2, 0.25) is 0 Å². The largest absolute Gasteiger partial charge is 0.344 e. The Morgan fingerprint density at radius 2 is 1.80 bits per heavy atom. The molecule has 4 rings (SSSR count). The normalized spacial score (nSPS) is 16.8. The van der Waals surface area contributed by atoms with Crippen LogP contribution in [0.15, 0.2) is 78.4 Å². The highest BCUT2D eigenvalue weighted by Gasteiger charge is 2.34. The van der Waals surface area contributed by atoms with E-state index >= 15 is 0 Å². The molecule has 0 spiro atoms. The summed E-state index contributed by atoms with van der Waals surface area (Å²) < 4.78 is 1.92. The van der Waals surface area contributed by atoms with E-state index in [1.165, 1.54) is 6.92 Å². The van der Waals surface area contributed by atoms with Gasteiger partial charge in [0.05, 0.1) is 18.1 Å². The Labute approximate surface area is 175 Å². The number of hydrogen-bond donors (Lipinski definition) is 1. The summed E-state index contributed by atoms with van der Waals surface area (Å²) in [4.78, 5) is 29.0. The average molecular weight is 401 g/mol. The second-order valence-electron chi connectivity index (χ2n) is 7.31. The van der Waals surface area contributed by atoms with Crippen molar-refractivity contribution in [1.82, 2.24) is 14.9 Å². The van der Waals surface area contributed by atoms with E-state index in [0.717, 1.165) is 16.9 Å². The number of rotatable bonds is 6. The molecule has 3 aromatic rings. The van der Waals surface area contributed by atoms with Crippen LogP contribution in [-0.2, 0) is 9.59 Å². The minimum absolute atomic E-state index is 0.0199. The molecule has 0 fully saturated rings. The van der Waals surface area contributed by atoms with Gasteiger partial charge in [0.15, 0.2) is 5.78 Å². The number of ketones is 1. The van der Waals surface area contributed by atoms with E-state index in [-0.39, 0.29) is 17.7 Å². The van der Waals surface area contributed by atoms with E-state index in [0.29, 0.717) is 12.1 Å². The highest BCUT2D eigenvalue weighted by atomic mass is 16.2. The molecule has 0 aliphatic carbocycles. The zero-order valence-electron chi connectivity index (χ0n) is 16.9. The number of nitrogens with one attached hydrogen (secondary N) is 1. The van der Waals surface area contributed by atoms with Crippen LogP contribution in [0, 0.1) is 0 Å². The lowest BCUT2D eigenvalue weighted by atomic mass is 10.0. The van der Waals surface area contributed by atoms with Gasteiger partial charge in [0.1, 0.15) is 11.8 Å². The van der Waals surface area contributed by atoms with E-state index in [2.05, 4.69) is 15.4 Å². The lowest BCUT2D eigenvalue weighted by Gasteiger charge is -2.20. The Morgan fingerprint density at radius 1 is 1.07 bits per heavy atom. The molecule has 30 heavy (non-hydrogen) atoms. The lowest BCUT2D eigenvalue weighted by molar-refractivity contribution is -0.118. The average Bonchev–Trinajstić information content (AvgIpc) is 3.45. The summed E-state index contributed by atoms with van der Waals surface area (Å²) in [5, 5.41) is 9.10. The molecular weight excluding hydrogens is 378 g/mol. The van der Waals surface area contributed by atoms with Gasteiger partial charge in [0.25, 0.3) is 5.91 Å². The minimum Gasteiger partial charge on any atom is -0.344 e. The van der Waals surface area contributed by atoms with Crippen molar-refractivity contribution in [1.29, 1.82) is 0 Å². The number of nitrogens with zero attached hydrogens (tertiary/aromatic N) is 4. The van der Waals surface area contributed by atoms with Gasteiger partial charge < -0.3 is 9.88 Å². The van der Waals surface area contributed by atoms with Crippen molar-refractivity contribution in [2.45, 2.75) is 32.4 Å². The third kappa shape index (κ3) is 4.00. The molecule has 7 heteroatoms. The summed E-state index contributed by atoms with van der Waals surface area (Å²) >= 11 is 0. The molecule has 2 heterocycles. The Morgan fingerprint density at radius 3 is 2.43 bits per heavy atom. The number of aromatic nitrogens is 2. The van der Waals surface area contributed by atoms with Gasteiger partial charge in [-0.05, 0) is 43.7 Å². The van der Waals surface area contributed by atoms with Gasteiger partial charge in [-0.1, -0.05) is 30.3 Å². The van der Waals surface area contributed by atoms with Crippen molar-refractivity contribution in [3.05, 3.63) is 78.9 Å². The number of amides is 1. The van der Waals surface area contributed by atoms with E-state index in [1.54, 1.807) is 17.5 Å². The summed E-state index contributed by atoms with van der Waals surface area (Å²) in [6.07, 6.45) is 5.64. The molecular formula is C23H23N5O2. The quantitative estimate of drug-likeness (QED) is 0.688. The minimum atomic E-state index is -0.460. The van der Waals surface area contributed by atoms with Crippen LogP contribution < -0.4 is 10.3 Å². The van der Waals surface area contributed by atoms with Gasteiger partial charge in [-0.15, -0.1) is 0 Å². The van der Waals surface area contributed by atoms with Crippen LogP contribution in [0.25, 0.3) is 5.69 Å². The van der Waals surface area contributed by atoms with E-state index in [1.807, 2.05) is 72.3 Å². The smallest absolute Gasteiger partial charge is 0.268 e. The molecule has 1 N–H and O–H groups in total. The van der Waals surface area contributed by atoms with Crippen molar-refractivity contribution in [3.63, 3.8) is 0 Å². The Balaban J connectivity index is 1.47. The molecule has 152 valence electrons.